The van der Waals surface area contributed by atoms with Crippen molar-refractivity contribution in [3.05, 3.63) is 24.0 Å². The average molecular weight is 407 g/mol. The van der Waals surface area contributed by atoms with Gasteiger partial charge in [0.15, 0.2) is 0 Å². The third kappa shape index (κ3) is 5.52. The molecule has 29 heavy (non-hydrogen) atoms. The lowest BCUT2D eigenvalue weighted by atomic mass is 9.95. The van der Waals surface area contributed by atoms with Crippen LogP contribution in [0.3, 0.4) is 0 Å². The number of nitrogens with two attached hydrogens (primary N) is 1. The number of hydrogen-bond donors (Lipinski definition) is 2. The summed E-state index contributed by atoms with van der Waals surface area (Å²) in [5.41, 5.74) is 6.53. The fraction of sp³-hybridized carbons (Fsp3) is 0.619. The number of carbonyl (C=O) groups excluding carboxylic acids is 2. The summed E-state index contributed by atoms with van der Waals surface area (Å²) in [6.07, 6.45) is 2.13. The Morgan fingerprint density at radius 3 is 2.69 bits per heavy atom. The number of nitrogens with zero attached hydrogens (tertiary/aromatic N) is 2. The van der Waals surface area contributed by atoms with Gasteiger partial charge in [-0.15, -0.1) is 0 Å². The highest BCUT2D eigenvalue weighted by Gasteiger charge is 2.38. The van der Waals surface area contributed by atoms with Crippen molar-refractivity contribution < 1.29 is 18.7 Å². The Kier molecular flexibility index (Phi) is 6.55. The number of anilines is 2. The molecule has 7 nitrogen and oxygen atoms in total. The van der Waals surface area contributed by atoms with E-state index in [0.29, 0.717) is 24.9 Å². The van der Waals surface area contributed by atoms with Gasteiger partial charge in [-0.2, -0.15) is 0 Å². The van der Waals surface area contributed by atoms with Crippen molar-refractivity contribution >= 4 is 23.2 Å². The number of morpholine rings is 1. The van der Waals surface area contributed by atoms with Crippen LogP contribution in [0.5, 0.6) is 0 Å². The molecule has 0 spiro atoms. The lowest BCUT2D eigenvalue weighted by Crippen LogP contribution is -2.52. The second-order valence-corrected chi connectivity index (χ2v) is 8.97. The van der Waals surface area contributed by atoms with Crippen molar-refractivity contribution in [2.24, 2.45) is 11.1 Å². The highest BCUT2D eigenvalue weighted by molar-refractivity contribution is 5.97. The first-order chi connectivity index (χ1) is 13.7. The molecular weight excluding hydrogens is 375 g/mol. The number of hydrogen-bond acceptors (Lipinski definition) is 5. The van der Waals surface area contributed by atoms with E-state index in [1.807, 2.05) is 0 Å². The molecule has 1 heterocycles. The fourth-order valence-corrected chi connectivity index (χ4v) is 3.64. The Morgan fingerprint density at radius 1 is 1.41 bits per heavy atom. The predicted molar refractivity (Wildman–Crippen MR) is 110 cm³/mol. The highest BCUT2D eigenvalue weighted by atomic mass is 19.1. The smallest absolute Gasteiger partial charge is 0.253 e. The SMILES string of the molecule is CC(C)(C)CN(C1CC1)[C@@H](CN)C(=O)Nc1ccc(N2CCOCC2=O)c(F)c1. The molecular formula is C21H31FN4O3. The zero-order valence-electron chi connectivity index (χ0n) is 17.4. The van der Waals surface area contributed by atoms with Gasteiger partial charge < -0.3 is 20.7 Å². The van der Waals surface area contributed by atoms with Crippen LogP contribution in [0, 0.1) is 11.2 Å². The molecule has 1 aliphatic heterocycles. The second-order valence-electron chi connectivity index (χ2n) is 8.97. The molecule has 1 aromatic carbocycles. The van der Waals surface area contributed by atoms with Crippen LogP contribution in [-0.4, -0.2) is 61.6 Å². The maximum absolute atomic E-state index is 14.6. The molecule has 0 aromatic heterocycles. The molecule has 1 saturated heterocycles. The van der Waals surface area contributed by atoms with Gasteiger partial charge in [0, 0.05) is 31.4 Å². The maximum Gasteiger partial charge on any atom is 0.253 e. The van der Waals surface area contributed by atoms with Gasteiger partial charge in [-0.1, -0.05) is 20.8 Å². The Hall–Kier alpha value is -2.03. The topological polar surface area (TPSA) is 87.9 Å². The van der Waals surface area contributed by atoms with Gasteiger partial charge in [-0.05, 0) is 36.5 Å². The van der Waals surface area contributed by atoms with Crippen molar-refractivity contribution in [3.8, 4) is 0 Å². The van der Waals surface area contributed by atoms with Gasteiger partial charge in [0.05, 0.1) is 12.3 Å². The first-order valence-electron chi connectivity index (χ1n) is 10.1. The number of benzene rings is 1. The standard InChI is InChI=1S/C21H31FN4O3/c1-21(2,3)13-26(15-5-6-15)18(11-23)20(28)24-14-4-7-17(16(22)10-14)25-8-9-29-12-19(25)27/h4,7,10,15,18H,5-6,8-9,11-13,23H2,1-3H3,(H,24,28)/t18-/m0/s1. The van der Waals surface area contributed by atoms with E-state index in [9.17, 15) is 14.0 Å². The van der Waals surface area contributed by atoms with E-state index in [-0.39, 0.29) is 36.1 Å². The Bertz CT molecular complexity index is 761. The summed E-state index contributed by atoms with van der Waals surface area (Å²) in [5.74, 6) is -1.08. The molecule has 1 saturated carbocycles. The molecule has 160 valence electrons. The van der Waals surface area contributed by atoms with Crippen molar-refractivity contribution in [1.82, 2.24) is 4.90 Å². The van der Waals surface area contributed by atoms with E-state index >= 15 is 0 Å². The van der Waals surface area contributed by atoms with E-state index < -0.39 is 11.9 Å². The van der Waals surface area contributed by atoms with Crippen LogP contribution in [0.2, 0.25) is 0 Å². The van der Waals surface area contributed by atoms with Crippen LogP contribution in [0.1, 0.15) is 33.6 Å². The van der Waals surface area contributed by atoms with E-state index in [0.717, 1.165) is 19.4 Å². The fourth-order valence-electron chi connectivity index (χ4n) is 3.64. The molecule has 3 rings (SSSR count). The lowest BCUT2D eigenvalue weighted by Gasteiger charge is -2.35. The number of ether oxygens (including phenoxy) is 1. The lowest BCUT2D eigenvalue weighted by molar-refractivity contribution is -0.125. The van der Waals surface area contributed by atoms with Crippen LogP contribution in [0.25, 0.3) is 0 Å². The zero-order valence-corrected chi connectivity index (χ0v) is 17.4. The third-order valence-electron chi connectivity index (χ3n) is 5.09. The summed E-state index contributed by atoms with van der Waals surface area (Å²) in [4.78, 5) is 28.4. The summed E-state index contributed by atoms with van der Waals surface area (Å²) in [6, 6.07) is 4.27. The quantitative estimate of drug-likeness (QED) is 0.723. The van der Waals surface area contributed by atoms with Crippen LogP contribution in [0.15, 0.2) is 18.2 Å². The molecule has 0 unspecified atom stereocenters. The van der Waals surface area contributed by atoms with E-state index in [4.69, 9.17) is 10.5 Å². The van der Waals surface area contributed by atoms with Gasteiger partial charge in [-0.25, -0.2) is 4.39 Å². The van der Waals surface area contributed by atoms with E-state index in [1.54, 1.807) is 6.07 Å². The van der Waals surface area contributed by atoms with Crippen LogP contribution in [-0.2, 0) is 14.3 Å². The summed E-state index contributed by atoms with van der Waals surface area (Å²) >= 11 is 0. The number of nitrogens with one attached hydrogen (secondary N) is 1. The molecule has 0 bridgehead atoms. The van der Waals surface area contributed by atoms with Gasteiger partial charge in [0.25, 0.3) is 5.91 Å². The summed E-state index contributed by atoms with van der Waals surface area (Å²) in [7, 11) is 0. The van der Waals surface area contributed by atoms with Crippen LogP contribution in [0.4, 0.5) is 15.8 Å². The molecule has 1 atom stereocenters. The Labute approximate surface area is 171 Å². The largest absolute Gasteiger partial charge is 0.370 e. The highest BCUT2D eigenvalue weighted by Crippen LogP contribution is 2.32. The van der Waals surface area contributed by atoms with Crippen molar-refractivity contribution in [2.45, 2.75) is 45.7 Å². The molecule has 1 aromatic rings. The first-order valence-corrected chi connectivity index (χ1v) is 10.1. The minimum absolute atomic E-state index is 0.0364. The molecule has 8 heteroatoms. The van der Waals surface area contributed by atoms with Gasteiger partial charge in [-0.3, -0.25) is 14.5 Å². The average Bonchev–Trinajstić information content (AvgIpc) is 3.46. The van der Waals surface area contributed by atoms with Crippen LogP contribution >= 0.6 is 0 Å². The monoisotopic (exact) mass is 406 g/mol. The third-order valence-corrected chi connectivity index (χ3v) is 5.09. The van der Waals surface area contributed by atoms with Gasteiger partial charge >= 0.3 is 0 Å². The van der Waals surface area contributed by atoms with Crippen molar-refractivity contribution in [3.63, 3.8) is 0 Å². The molecule has 0 radical (unpaired) electrons. The minimum Gasteiger partial charge on any atom is -0.370 e. The predicted octanol–water partition coefficient (Wildman–Crippen LogP) is 1.97. The molecule has 3 N–H and O–H groups in total. The van der Waals surface area contributed by atoms with Gasteiger partial charge in [0.2, 0.25) is 5.91 Å². The number of carbonyl (C=O) groups is 2. The van der Waals surface area contributed by atoms with Crippen molar-refractivity contribution in [1.29, 1.82) is 0 Å². The normalized spacial score (nSPS) is 18.8. The van der Waals surface area contributed by atoms with Crippen LogP contribution < -0.4 is 16.0 Å². The van der Waals surface area contributed by atoms with E-state index in [2.05, 4.69) is 31.0 Å². The second kappa shape index (κ2) is 8.77. The summed E-state index contributed by atoms with van der Waals surface area (Å²) < 4.78 is 19.7. The number of halogens is 1. The zero-order chi connectivity index (χ0) is 21.2. The maximum atomic E-state index is 14.6. The van der Waals surface area contributed by atoms with E-state index in [1.165, 1.54) is 17.0 Å². The minimum atomic E-state index is -0.559. The molecule has 2 fully saturated rings. The van der Waals surface area contributed by atoms with Crippen molar-refractivity contribution in [2.75, 3.05) is 43.1 Å². The summed E-state index contributed by atoms with van der Waals surface area (Å²) in [5, 5.41) is 2.80. The molecule has 2 aliphatic rings. The van der Waals surface area contributed by atoms with Gasteiger partial charge in [0.1, 0.15) is 18.5 Å². The molecule has 2 amide bonds. The Balaban J connectivity index is 1.71. The first kappa shape index (κ1) is 21.7. The number of amides is 2. The number of rotatable bonds is 7. The molecule has 1 aliphatic carbocycles. The Morgan fingerprint density at radius 2 is 2.14 bits per heavy atom. The summed E-state index contributed by atoms with van der Waals surface area (Å²) in [6.45, 7) is 7.98.